The summed E-state index contributed by atoms with van der Waals surface area (Å²) in [6.45, 7) is 1.99. The zero-order valence-corrected chi connectivity index (χ0v) is 9.51. The molecule has 92 valence electrons. The molecule has 1 amide bonds. The lowest BCUT2D eigenvalue weighted by molar-refractivity contribution is -0.124. The first kappa shape index (κ1) is 11.6. The summed E-state index contributed by atoms with van der Waals surface area (Å²) in [5.41, 5.74) is -0.263. The Morgan fingerprint density at radius 3 is 2.76 bits per heavy atom. The van der Waals surface area contributed by atoms with E-state index in [1.54, 1.807) is 0 Å². The van der Waals surface area contributed by atoms with Crippen LogP contribution < -0.4 is 5.32 Å². The summed E-state index contributed by atoms with van der Waals surface area (Å²) >= 11 is 0. The molecule has 0 radical (unpaired) electrons. The molecule has 0 atom stereocenters. The summed E-state index contributed by atoms with van der Waals surface area (Å²) in [7, 11) is 0. The average Bonchev–Trinajstić information content (AvgIpc) is 2.63. The molecule has 1 saturated carbocycles. The van der Waals surface area contributed by atoms with Crippen LogP contribution in [0.25, 0.3) is 0 Å². The number of amides is 1. The summed E-state index contributed by atoms with van der Waals surface area (Å²) < 4.78 is 1.22. The average molecular weight is 238 g/mol. The van der Waals surface area contributed by atoms with Crippen molar-refractivity contribution in [3.05, 3.63) is 11.9 Å². The summed E-state index contributed by atoms with van der Waals surface area (Å²) in [5, 5.41) is 18.6. The van der Waals surface area contributed by atoms with E-state index in [-0.39, 0.29) is 23.7 Å². The highest BCUT2D eigenvalue weighted by atomic mass is 16.4. The van der Waals surface area contributed by atoms with E-state index in [0.717, 1.165) is 19.3 Å². The largest absolute Gasteiger partial charge is 0.476 e. The van der Waals surface area contributed by atoms with Crippen molar-refractivity contribution < 1.29 is 14.7 Å². The highest BCUT2D eigenvalue weighted by Crippen LogP contribution is 2.30. The number of hydrogen-bond donors (Lipinski definition) is 2. The molecule has 0 unspecified atom stereocenters. The molecule has 2 rings (SSSR count). The number of carboxylic acids is 1. The van der Waals surface area contributed by atoms with Gasteiger partial charge in [-0.05, 0) is 26.2 Å². The van der Waals surface area contributed by atoms with Gasteiger partial charge in [0.05, 0.1) is 6.20 Å². The van der Waals surface area contributed by atoms with E-state index < -0.39 is 5.97 Å². The van der Waals surface area contributed by atoms with Crippen LogP contribution in [0, 0.1) is 0 Å². The van der Waals surface area contributed by atoms with Crippen LogP contribution in [0.15, 0.2) is 6.20 Å². The van der Waals surface area contributed by atoms with Gasteiger partial charge in [-0.3, -0.25) is 4.79 Å². The fourth-order valence-corrected chi connectivity index (χ4v) is 1.83. The molecular weight excluding hydrogens is 224 g/mol. The number of carbonyl (C=O) groups excluding carboxylic acids is 1. The smallest absolute Gasteiger partial charge is 0.358 e. The Balaban J connectivity index is 1.91. The van der Waals surface area contributed by atoms with Gasteiger partial charge in [0.15, 0.2) is 5.69 Å². The monoisotopic (exact) mass is 238 g/mol. The minimum atomic E-state index is -1.15. The van der Waals surface area contributed by atoms with E-state index in [1.807, 2.05) is 6.92 Å². The molecular formula is C10H14N4O3. The first-order valence-corrected chi connectivity index (χ1v) is 5.43. The van der Waals surface area contributed by atoms with Gasteiger partial charge in [-0.2, -0.15) is 0 Å². The number of hydrogen-bond acceptors (Lipinski definition) is 4. The van der Waals surface area contributed by atoms with Crippen LogP contribution in [0.1, 0.15) is 36.7 Å². The Labute approximate surface area is 97.8 Å². The fourth-order valence-electron chi connectivity index (χ4n) is 1.83. The molecule has 1 fully saturated rings. The fraction of sp³-hybridized carbons (Fsp3) is 0.600. The van der Waals surface area contributed by atoms with Crippen LogP contribution >= 0.6 is 0 Å². The van der Waals surface area contributed by atoms with Gasteiger partial charge in [0.2, 0.25) is 5.91 Å². The van der Waals surface area contributed by atoms with Gasteiger partial charge in [-0.25, -0.2) is 9.48 Å². The quantitative estimate of drug-likeness (QED) is 0.771. The molecule has 7 nitrogen and oxygen atoms in total. The molecule has 0 saturated heterocycles. The maximum atomic E-state index is 11.7. The Hall–Kier alpha value is -1.92. The standard InChI is InChI=1S/C10H14N4O3/c1-10(3-2-4-10)11-8(15)6-14-5-7(9(16)17)12-13-14/h5H,2-4,6H2,1H3,(H,11,15)(H,16,17). The zero-order chi connectivity index (χ0) is 12.5. The van der Waals surface area contributed by atoms with Crippen molar-refractivity contribution in [2.24, 2.45) is 0 Å². The summed E-state index contributed by atoms with van der Waals surface area (Å²) in [4.78, 5) is 22.2. The van der Waals surface area contributed by atoms with E-state index >= 15 is 0 Å². The molecule has 1 aliphatic rings. The molecule has 0 bridgehead atoms. The highest BCUT2D eigenvalue weighted by molar-refractivity contribution is 5.84. The van der Waals surface area contributed by atoms with Crippen molar-refractivity contribution in [3.8, 4) is 0 Å². The Kier molecular flexibility index (Phi) is 2.83. The molecule has 7 heteroatoms. The van der Waals surface area contributed by atoms with E-state index in [0.29, 0.717) is 0 Å². The summed E-state index contributed by atoms with van der Waals surface area (Å²) in [5.74, 6) is -1.32. The topological polar surface area (TPSA) is 97.1 Å². The molecule has 1 aromatic heterocycles. The van der Waals surface area contributed by atoms with Crippen LogP contribution in [0.5, 0.6) is 0 Å². The predicted octanol–water partition coefficient (Wildman–Crippen LogP) is 0.0351. The SMILES string of the molecule is CC1(NC(=O)Cn2cc(C(=O)O)nn2)CCC1. The van der Waals surface area contributed by atoms with Crippen molar-refractivity contribution in [3.63, 3.8) is 0 Å². The highest BCUT2D eigenvalue weighted by Gasteiger charge is 2.33. The van der Waals surface area contributed by atoms with Crippen LogP contribution in [-0.4, -0.2) is 37.5 Å². The second-order valence-electron chi connectivity index (χ2n) is 4.57. The van der Waals surface area contributed by atoms with Crippen LogP contribution in [0.2, 0.25) is 0 Å². The molecule has 0 aliphatic heterocycles. The predicted molar refractivity (Wildman–Crippen MR) is 57.4 cm³/mol. The minimum Gasteiger partial charge on any atom is -0.476 e. The third-order valence-corrected chi connectivity index (χ3v) is 2.96. The number of carboxylic acid groups (broad SMARTS) is 1. The first-order valence-electron chi connectivity index (χ1n) is 5.43. The number of nitrogens with one attached hydrogen (secondary N) is 1. The first-order chi connectivity index (χ1) is 7.98. The Bertz CT molecular complexity index is 450. The molecule has 1 heterocycles. The summed E-state index contributed by atoms with van der Waals surface area (Å²) in [6, 6.07) is 0. The lowest BCUT2D eigenvalue weighted by atomic mass is 9.78. The van der Waals surface area contributed by atoms with Crippen molar-refractivity contribution >= 4 is 11.9 Å². The second kappa shape index (κ2) is 4.15. The van der Waals surface area contributed by atoms with E-state index in [9.17, 15) is 9.59 Å². The normalized spacial score (nSPS) is 17.2. The van der Waals surface area contributed by atoms with Gasteiger partial charge < -0.3 is 10.4 Å². The van der Waals surface area contributed by atoms with Crippen LogP contribution in [0.4, 0.5) is 0 Å². The molecule has 0 aromatic carbocycles. The number of aromatic carboxylic acids is 1. The third-order valence-electron chi connectivity index (χ3n) is 2.96. The van der Waals surface area contributed by atoms with E-state index in [2.05, 4.69) is 15.6 Å². The number of rotatable bonds is 4. The minimum absolute atomic E-state index is 0.00410. The third kappa shape index (κ3) is 2.61. The number of nitrogens with zero attached hydrogens (tertiary/aromatic N) is 3. The van der Waals surface area contributed by atoms with Gasteiger partial charge in [0.25, 0.3) is 0 Å². The van der Waals surface area contributed by atoms with E-state index in [4.69, 9.17) is 5.11 Å². The molecule has 0 spiro atoms. The Morgan fingerprint density at radius 1 is 1.59 bits per heavy atom. The molecule has 1 aliphatic carbocycles. The van der Waals surface area contributed by atoms with Gasteiger partial charge in [0.1, 0.15) is 6.54 Å². The maximum Gasteiger partial charge on any atom is 0.358 e. The Morgan fingerprint density at radius 2 is 2.29 bits per heavy atom. The maximum absolute atomic E-state index is 11.7. The van der Waals surface area contributed by atoms with Gasteiger partial charge in [-0.15, -0.1) is 5.10 Å². The molecule has 2 N–H and O–H groups in total. The van der Waals surface area contributed by atoms with Gasteiger partial charge in [0, 0.05) is 5.54 Å². The lowest BCUT2D eigenvalue weighted by Gasteiger charge is -2.39. The zero-order valence-electron chi connectivity index (χ0n) is 9.51. The number of aromatic nitrogens is 3. The second-order valence-corrected chi connectivity index (χ2v) is 4.57. The van der Waals surface area contributed by atoms with E-state index in [1.165, 1.54) is 10.9 Å². The lowest BCUT2D eigenvalue weighted by Crippen LogP contribution is -2.51. The van der Waals surface area contributed by atoms with Crippen molar-refractivity contribution in [1.82, 2.24) is 20.3 Å². The van der Waals surface area contributed by atoms with Gasteiger partial charge >= 0.3 is 5.97 Å². The summed E-state index contributed by atoms with van der Waals surface area (Å²) in [6.07, 6.45) is 4.33. The van der Waals surface area contributed by atoms with Gasteiger partial charge in [-0.1, -0.05) is 5.21 Å². The van der Waals surface area contributed by atoms with Crippen LogP contribution in [-0.2, 0) is 11.3 Å². The van der Waals surface area contributed by atoms with Crippen molar-refractivity contribution in [2.75, 3.05) is 0 Å². The molecule has 1 aromatic rings. The van der Waals surface area contributed by atoms with Crippen LogP contribution in [0.3, 0.4) is 0 Å². The number of carbonyl (C=O) groups is 2. The van der Waals surface area contributed by atoms with Crippen molar-refractivity contribution in [2.45, 2.75) is 38.3 Å². The van der Waals surface area contributed by atoms with Crippen molar-refractivity contribution in [1.29, 1.82) is 0 Å². The molecule has 17 heavy (non-hydrogen) atoms.